The van der Waals surface area contributed by atoms with Crippen LogP contribution in [0.25, 0.3) is 0 Å². The topological polar surface area (TPSA) is 62.1 Å². The molecule has 0 aliphatic carbocycles. The van der Waals surface area contributed by atoms with Gasteiger partial charge in [-0.25, -0.2) is 22.0 Å². The summed E-state index contributed by atoms with van der Waals surface area (Å²) in [7, 11) is 0. The quantitative estimate of drug-likeness (QED) is 0.171. The normalized spacial score (nSPS) is 18.9. The Hall–Kier alpha value is -2.07. The van der Waals surface area contributed by atoms with Gasteiger partial charge in [0.15, 0.2) is 34.8 Å². The molecule has 2 aromatic rings. The van der Waals surface area contributed by atoms with E-state index in [-0.39, 0.29) is 102 Å². The van der Waals surface area contributed by atoms with Crippen molar-refractivity contribution in [3.8, 4) is 0 Å². The molecule has 0 amide bonds. The molecule has 3 heterocycles. The maximum Gasteiger partial charge on any atom is 0.189 e. The fourth-order valence-corrected chi connectivity index (χ4v) is 5.48. The molecular formula is C24H24Br2F5N5O3. The largest absolute Gasteiger partial charge is 0.378 e. The molecule has 2 aromatic carbocycles. The molecule has 3 aliphatic heterocycles. The molecule has 0 unspecified atom stereocenters. The first-order chi connectivity index (χ1) is 18.8. The van der Waals surface area contributed by atoms with Crippen molar-refractivity contribution in [2.75, 3.05) is 93.6 Å². The van der Waals surface area contributed by atoms with Crippen LogP contribution in [0.3, 0.4) is 0 Å². The highest BCUT2D eigenvalue weighted by atomic mass is 79.9. The van der Waals surface area contributed by atoms with Crippen LogP contribution in [0.15, 0.2) is 19.2 Å². The van der Waals surface area contributed by atoms with Crippen LogP contribution in [0.5, 0.6) is 0 Å². The molecule has 3 saturated heterocycles. The van der Waals surface area contributed by atoms with Crippen LogP contribution in [0.2, 0.25) is 0 Å². The van der Waals surface area contributed by atoms with E-state index in [9.17, 15) is 4.39 Å². The summed E-state index contributed by atoms with van der Waals surface area (Å²) in [5, 5.41) is 8.07. The van der Waals surface area contributed by atoms with Crippen LogP contribution in [-0.2, 0) is 14.2 Å². The fraction of sp³-hybridized carbons (Fsp3) is 0.500. The Bertz CT molecular complexity index is 1220. The number of halogens is 7. The lowest BCUT2D eigenvalue weighted by Crippen LogP contribution is -2.39. The van der Waals surface area contributed by atoms with Gasteiger partial charge in [0.2, 0.25) is 0 Å². The first-order valence-corrected chi connectivity index (χ1v) is 13.9. The number of ether oxygens (including phenoxy) is 3. The number of rotatable bonds is 5. The van der Waals surface area contributed by atoms with Crippen LogP contribution >= 0.6 is 31.9 Å². The number of azo groups is 1. The van der Waals surface area contributed by atoms with Gasteiger partial charge in [-0.05, 0) is 31.9 Å². The Kier molecular flexibility index (Phi) is 8.91. The first-order valence-electron chi connectivity index (χ1n) is 12.3. The molecule has 39 heavy (non-hydrogen) atoms. The number of morpholine rings is 3. The van der Waals surface area contributed by atoms with Crippen molar-refractivity contribution in [3.05, 3.63) is 38.0 Å². The second-order valence-corrected chi connectivity index (χ2v) is 10.5. The van der Waals surface area contributed by atoms with E-state index >= 15 is 17.6 Å². The predicted octanol–water partition coefficient (Wildman–Crippen LogP) is 5.83. The van der Waals surface area contributed by atoms with Crippen molar-refractivity contribution in [2.24, 2.45) is 10.2 Å². The van der Waals surface area contributed by atoms with Gasteiger partial charge in [-0.1, -0.05) is 0 Å². The average molecular weight is 685 g/mol. The van der Waals surface area contributed by atoms with Crippen molar-refractivity contribution < 1.29 is 36.2 Å². The SMILES string of the molecule is Fc1c(F)c(N=Nc2c(N3CCOCC3)c(F)c(Br)c(F)c2N2CCOCC2)c(N2CCOCC2)c(F)c1Br. The summed E-state index contributed by atoms with van der Waals surface area (Å²) in [6, 6.07) is 0. The number of nitrogens with zero attached hydrogens (tertiary/aromatic N) is 5. The molecule has 212 valence electrons. The molecule has 0 radical (unpaired) electrons. The predicted molar refractivity (Wildman–Crippen MR) is 141 cm³/mol. The van der Waals surface area contributed by atoms with Gasteiger partial charge in [-0.15, -0.1) is 10.2 Å². The Balaban J connectivity index is 1.72. The van der Waals surface area contributed by atoms with Crippen LogP contribution in [-0.4, -0.2) is 78.9 Å². The van der Waals surface area contributed by atoms with Crippen molar-refractivity contribution in [2.45, 2.75) is 0 Å². The summed E-state index contributed by atoms with van der Waals surface area (Å²) in [5.41, 5.74) is -1.44. The molecule has 3 fully saturated rings. The smallest absolute Gasteiger partial charge is 0.189 e. The zero-order valence-electron chi connectivity index (χ0n) is 20.6. The second kappa shape index (κ2) is 12.2. The van der Waals surface area contributed by atoms with Gasteiger partial charge in [-0.3, -0.25) is 0 Å². The molecular weight excluding hydrogens is 661 g/mol. The summed E-state index contributed by atoms with van der Waals surface area (Å²) in [6.07, 6.45) is 0. The Morgan fingerprint density at radius 1 is 0.462 bits per heavy atom. The molecule has 0 N–H and O–H groups in total. The average Bonchev–Trinajstić information content (AvgIpc) is 2.97. The molecule has 0 bridgehead atoms. The third-order valence-corrected chi connectivity index (χ3v) is 8.09. The minimum absolute atomic E-state index is 0.0804. The molecule has 15 heteroatoms. The number of benzene rings is 2. The molecule has 8 nitrogen and oxygen atoms in total. The number of hydrogen-bond acceptors (Lipinski definition) is 8. The van der Waals surface area contributed by atoms with E-state index in [4.69, 9.17) is 14.2 Å². The van der Waals surface area contributed by atoms with Gasteiger partial charge >= 0.3 is 0 Å². The van der Waals surface area contributed by atoms with Gasteiger partial charge in [0.1, 0.15) is 22.7 Å². The minimum atomic E-state index is -1.49. The standard InChI is InChI=1S/C24H24Br2F5N5O3/c25-13-15(27)19(31)20(22(16(13)28)34-1-7-37-8-2-34)32-33-21-23(35-3-9-38-10-4-35)17(29)14(26)18(30)24(21)36-5-11-39-12-6-36/h1-12H2. The maximum absolute atomic E-state index is 15.7. The van der Waals surface area contributed by atoms with E-state index in [1.165, 1.54) is 4.90 Å². The van der Waals surface area contributed by atoms with E-state index < -0.39 is 43.7 Å². The van der Waals surface area contributed by atoms with Crippen LogP contribution < -0.4 is 14.7 Å². The summed E-state index contributed by atoms with van der Waals surface area (Å²) < 4.78 is 91.6. The second-order valence-electron chi connectivity index (χ2n) is 8.94. The van der Waals surface area contributed by atoms with E-state index in [1.54, 1.807) is 9.80 Å². The van der Waals surface area contributed by atoms with E-state index in [1.807, 2.05) is 0 Å². The lowest BCUT2D eigenvalue weighted by atomic mass is 10.1. The van der Waals surface area contributed by atoms with Crippen LogP contribution in [0, 0.1) is 29.1 Å². The van der Waals surface area contributed by atoms with Gasteiger partial charge in [0.25, 0.3) is 0 Å². The van der Waals surface area contributed by atoms with Crippen molar-refractivity contribution in [1.29, 1.82) is 0 Å². The Morgan fingerprint density at radius 3 is 1.15 bits per heavy atom. The maximum atomic E-state index is 15.7. The van der Waals surface area contributed by atoms with Crippen molar-refractivity contribution in [1.82, 2.24) is 0 Å². The van der Waals surface area contributed by atoms with Gasteiger partial charge in [0.05, 0.1) is 48.6 Å². The lowest BCUT2D eigenvalue weighted by molar-refractivity contribution is 0.122. The highest BCUT2D eigenvalue weighted by Crippen LogP contribution is 2.48. The molecule has 0 atom stereocenters. The third-order valence-electron chi connectivity index (χ3n) is 6.70. The summed E-state index contributed by atoms with van der Waals surface area (Å²) >= 11 is 5.80. The molecule has 3 aliphatic rings. The van der Waals surface area contributed by atoms with E-state index in [0.717, 1.165) is 0 Å². The van der Waals surface area contributed by atoms with Gasteiger partial charge in [0, 0.05) is 39.3 Å². The molecule has 0 saturated carbocycles. The van der Waals surface area contributed by atoms with E-state index in [2.05, 4.69) is 42.1 Å². The Morgan fingerprint density at radius 2 is 0.769 bits per heavy atom. The number of hydrogen-bond donors (Lipinski definition) is 0. The molecule has 0 aromatic heterocycles. The summed E-state index contributed by atoms with van der Waals surface area (Å²) in [6.45, 7) is 3.10. The van der Waals surface area contributed by atoms with Crippen molar-refractivity contribution >= 4 is 60.3 Å². The van der Waals surface area contributed by atoms with Crippen molar-refractivity contribution in [3.63, 3.8) is 0 Å². The molecule has 0 spiro atoms. The highest BCUT2D eigenvalue weighted by Gasteiger charge is 2.33. The van der Waals surface area contributed by atoms with Gasteiger partial charge < -0.3 is 28.9 Å². The summed E-state index contributed by atoms with van der Waals surface area (Å²) in [5.74, 6) is -5.87. The Labute approximate surface area is 237 Å². The van der Waals surface area contributed by atoms with E-state index in [0.29, 0.717) is 0 Å². The zero-order chi connectivity index (χ0) is 27.7. The van der Waals surface area contributed by atoms with Crippen LogP contribution in [0.4, 0.5) is 50.4 Å². The zero-order valence-corrected chi connectivity index (χ0v) is 23.8. The molecule has 5 rings (SSSR count). The lowest BCUT2D eigenvalue weighted by Gasteiger charge is -2.34. The first kappa shape index (κ1) is 28.5. The highest BCUT2D eigenvalue weighted by molar-refractivity contribution is 9.10. The number of anilines is 3. The monoisotopic (exact) mass is 683 g/mol. The van der Waals surface area contributed by atoms with Crippen LogP contribution in [0.1, 0.15) is 0 Å². The fourth-order valence-electron chi connectivity index (χ4n) is 4.75. The van der Waals surface area contributed by atoms with Gasteiger partial charge in [-0.2, -0.15) is 0 Å². The minimum Gasteiger partial charge on any atom is -0.378 e. The summed E-state index contributed by atoms with van der Waals surface area (Å²) in [4.78, 5) is 4.72. The third kappa shape index (κ3) is 5.47.